The number of nitro benzene ring substituents is 1. The number of ether oxygens (including phenoxy) is 1. The molecule has 0 saturated heterocycles. The number of nitrogens with zero attached hydrogens (tertiary/aromatic N) is 1. The summed E-state index contributed by atoms with van der Waals surface area (Å²) in [5.74, 6) is 1.06. The SMILES string of the molecule is Cc1cc(Oc2ccccc2N)ccc1[N+](=O)[O-]. The molecule has 5 heteroatoms. The molecule has 0 radical (unpaired) electrons. The van der Waals surface area contributed by atoms with Crippen molar-refractivity contribution in [2.75, 3.05) is 5.73 Å². The number of para-hydroxylation sites is 2. The third kappa shape index (κ3) is 2.40. The molecule has 2 rings (SSSR count). The van der Waals surface area contributed by atoms with Crippen molar-refractivity contribution in [2.24, 2.45) is 0 Å². The van der Waals surface area contributed by atoms with Gasteiger partial charge in [-0.05, 0) is 31.2 Å². The molecule has 0 saturated carbocycles. The van der Waals surface area contributed by atoms with E-state index in [1.165, 1.54) is 6.07 Å². The molecular weight excluding hydrogens is 232 g/mol. The molecule has 0 aliphatic rings. The summed E-state index contributed by atoms with van der Waals surface area (Å²) < 4.78 is 5.58. The fraction of sp³-hybridized carbons (Fsp3) is 0.0769. The number of rotatable bonds is 3. The minimum Gasteiger partial charge on any atom is -0.455 e. The highest BCUT2D eigenvalue weighted by Gasteiger charge is 2.11. The number of aryl methyl sites for hydroxylation is 1. The van der Waals surface area contributed by atoms with Gasteiger partial charge in [-0.25, -0.2) is 0 Å². The molecule has 0 bridgehead atoms. The van der Waals surface area contributed by atoms with Crippen LogP contribution in [0.2, 0.25) is 0 Å². The van der Waals surface area contributed by atoms with Gasteiger partial charge in [0.25, 0.3) is 5.69 Å². The van der Waals surface area contributed by atoms with Crippen LogP contribution in [0.5, 0.6) is 11.5 Å². The molecule has 2 aromatic rings. The number of benzene rings is 2. The van der Waals surface area contributed by atoms with E-state index in [1.807, 2.05) is 12.1 Å². The Morgan fingerprint density at radius 1 is 1.22 bits per heavy atom. The monoisotopic (exact) mass is 244 g/mol. The minimum atomic E-state index is -0.421. The fourth-order valence-corrected chi connectivity index (χ4v) is 1.60. The van der Waals surface area contributed by atoms with E-state index < -0.39 is 4.92 Å². The summed E-state index contributed by atoms with van der Waals surface area (Å²) >= 11 is 0. The molecule has 0 amide bonds. The normalized spacial score (nSPS) is 10.1. The van der Waals surface area contributed by atoms with Gasteiger partial charge >= 0.3 is 0 Å². The predicted octanol–water partition coefficient (Wildman–Crippen LogP) is 3.28. The fourth-order valence-electron chi connectivity index (χ4n) is 1.60. The van der Waals surface area contributed by atoms with E-state index in [0.29, 0.717) is 22.7 Å². The van der Waals surface area contributed by atoms with E-state index in [1.54, 1.807) is 31.2 Å². The molecule has 0 aliphatic heterocycles. The van der Waals surface area contributed by atoms with Crippen molar-refractivity contribution in [3.05, 3.63) is 58.1 Å². The van der Waals surface area contributed by atoms with Gasteiger partial charge < -0.3 is 10.5 Å². The Morgan fingerprint density at radius 2 is 1.94 bits per heavy atom. The van der Waals surface area contributed by atoms with Crippen LogP contribution in [0.15, 0.2) is 42.5 Å². The Hall–Kier alpha value is -2.56. The smallest absolute Gasteiger partial charge is 0.272 e. The van der Waals surface area contributed by atoms with Crippen LogP contribution in [0.4, 0.5) is 11.4 Å². The van der Waals surface area contributed by atoms with Crippen molar-refractivity contribution in [1.29, 1.82) is 0 Å². The van der Waals surface area contributed by atoms with Gasteiger partial charge in [0.2, 0.25) is 0 Å². The van der Waals surface area contributed by atoms with Crippen LogP contribution in [0.3, 0.4) is 0 Å². The number of hydrogen-bond donors (Lipinski definition) is 1. The van der Waals surface area contributed by atoms with Gasteiger partial charge in [-0.1, -0.05) is 12.1 Å². The van der Waals surface area contributed by atoms with Gasteiger partial charge in [-0.3, -0.25) is 10.1 Å². The van der Waals surface area contributed by atoms with Crippen molar-refractivity contribution in [2.45, 2.75) is 6.92 Å². The summed E-state index contributed by atoms with van der Waals surface area (Å²) in [4.78, 5) is 10.3. The van der Waals surface area contributed by atoms with Crippen LogP contribution in [0, 0.1) is 17.0 Å². The largest absolute Gasteiger partial charge is 0.455 e. The quantitative estimate of drug-likeness (QED) is 0.510. The number of anilines is 1. The summed E-state index contributed by atoms with van der Waals surface area (Å²) in [6, 6.07) is 11.7. The lowest BCUT2D eigenvalue weighted by Crippen LogP contribution is -1.94. The summed E-state index contributed by atoms with van der Waals surface area (Å²) in [7, 11) is 0. The molecule has 2 aromatic carbocycles. The standard InChI is InChI=1S/C13H12N2O3/c1-9-8-10(6-7-12(9)15(16)17)18-13-5-3-2-4-11(13)14/h2-8H,14H2,1H3. The zero-order valence-electron chi connectivity index (χ0n) is 9.79. The van der Waals surface area contributed by atoms with Gasteiger partial charge in [0.15, 0.2) is 0 Å². The third-order valence-corrected chi connectivity index (χ3v) is 2.51. The van der Waals surface area contributed by atoms with Crippen LogP contribution < -0.4 is 10.5 Å². The highest BCUT2D eigenvalue weighted by atomic mass is 16.6. The zero-order valence-corrected chi connectivity index (χ0v) is 9.79. The number of nitrogens with two attached hydrogens (primary N) is 1. The molecule has 0 heterocycles. The highest BCUT2D eigenvalue weighted by Crippen LogP contribution is 2.29. The van der Waals surface area contributed by atoms with Crippen LogP contribution in [0.25, 0.3) is 0 Å². The summed E-state index contributed by atoms with van der Waals surface area (Å²) in [6.07, 6.45) is 0. The molecule has 18 heavy (non-hydrogen) atoms. The second-order valence-electron chi connectivity index (χ2n) is 3.85. The first kappa shape index (κ1) is 11.9. The van der Waals surface area contributed by atoms with E-state index in [9.17, 15) is 10.1 Å². The van der Waals surface area contributed by atoms with Gasteiger partial charge in [0.05, 0.1) is 10.6 Å². The van der Waals surface area contributed by atoms with Crippen LogP contribution in [-0.2, 0) is 0 Å². The van der Waals surface area contributed by atoms with Gasteiger partial charge in [0.1, 0.15) is 11.5 Å². The van der Waals surface area contributed by atoms with E-state index in [0.717, 1.165) is 0 Å². The molecule has 0 atom stereocenters. The predicted molar refractivity (Wildman–Crippen MR) is 68.8 cm³/mol. The van der Waals surface area contributed by atoms with Crippen molar-refractivity contribution >= 4 is 11.4 Å². The molecule has 0 spiro atoms. The molecular formula is C13H12N2O3. The van der Waals surface area contributed by atoms with Gasteiger partial charge in [-0.15, -0.1) is 0 Å². The lowest BCUT2D eigenvalue weighted by molar-refractivity contribution is -0.385. The Kier molecular flexibility index (Phi) is 3.14. The Bertz CT molecular complexity index is 597. The lowest BCUT2D eigenvalue weighted by Gasteiger charge is -2.08. The average Bonchev–Trinajstić information content (AvgIpc) is 2.32. The third-order valence-electron chi connectivity index (χ3n) is 2.51. The van der Waals surface area contributed by atoms with Crippen molar-refractivity contribution in [3.63, 3.8) is 0 Å². The second-order valence-corrected chi connectivity index (χ2v) is 3.85. The molecule has 0 unspecified atom stereocenters. The first-order valence-electron chi connectivity index (χ1n) is 5.35. The first-order chi connectivity index (χ1) is 8.58. The maximum atomic E-state index is 10.7. The molecule has 0 aliphatic carbocycles. The topological polar surface area (TPSA) is 78.4 Å². The molecule has 0 fully saturated rings. The summed E-state index contributed by atoms with van der Waals surface area (Å²) in [6.45, 7) is 1.67. The molecule has 2 N–H and O–H groups in total. The first-order valence-corrected chi connectivity index (χ1v) is 5.35. The van der Waals surface area contributed by atoms with Crippen molar-refractivity contribution < 1.29 is 9.66 Å². The zero-order chi connectivity index (χ0) is 13.1. The van der Waals surface area contributed by atoms with Crippen LogP contribution in [0.1, 0.15) is 5.56 Å². The van der Waals surface area contributed by atoms with Crippen LogP contribution >= 0.6 is 0 Å². The van der Waals surface area contributed by atoms with E-state index in [-0.39, 0.29) is 5.69 Å². The summed E-state index contributed by atoms with van der Waals surface area (Å²) in [5, 5.41) is 10.7. The number of nitrogen functional groups attached to an aromatic ring is 1. The average molecular weight is 244 g/mol. The highest BCUT2D eigenvalue weighted by molar-refractivity contribution is 5.54. The Labute approximate surface area is 104 Å². The maximum absolute atomic E-state index is 10.7. The lowest BCUT2D eigenvalue weighted by atomic mass is 10.2. The van der Waals surface area contributed by atoms with E-state index in [4.69, 9.17) is 10.5 Å². The number of hydrogen-bond acceptors (Lipinski definition) is 4. The van der Waals surface area contributed by atoms with Gasteiger partial charge in [-0.2, -0.15) is 0 Å². The Morgan fingerprint density at radius 3 is 2.56 bits per heavy atom. The van der Waals surface area contributed by atoms with Crippen molar-refractivity contribution in [3.8, 4) is 11.5 Å². The molecule has 92 valence electrons. The number of nitro groups is 1. The van der Waals surface area contributed by atoms with Crippen molar-refractivity contribution in [1.82, 2.24) is 0 Å². The molecule has 5 nitrogen and oxygen atoms in total. The van der Waals surface area contributed by atoms with E-state index in [2.05, 4.69) is 0 Å². The summed E-state index contributed by atoms with van der Waals surface area (Å²) in [5.41, 5.74) is 6.89. The minimum absolute atomic E-state index is 0.0726. The van der Waals surface area contributed by atoms with Crippen LogP contribution in [-0.4, -0.2) is 4.92 Å². The Balaban J connectivity index is 2.29. The van der Waals surface area contributed by atoms with Gasteiger partial charge in [0, 0.05) is 11.6 Å². The molecule has 0 aromatic heterocycles. The second kappa shape index (κ2) is 4.75. The van der Waals surface area contributed by atoms with E-state index >= 15 is 0 Å². The maximum Gasteiger partial charge on any atom is 0.272 e.